The van der Waals surface area contributed by atoms with Crippen molar-refractivity contribution in [2.45, 2.75) is 6.54 Å². The van der Waals surface area contributed by atoms with Crippen LogP contribution in [0.25, 0.3) is 6.08 Å². The second-order valence-electron chi connectivity index (χ2n) is 5.58. The van der Waals surface area contributed by atoms with Gasteiger partial charge in [-0.1, -0.05) is 29.8 Å². The molecule has 1 amide bonds. The normalized spacial score (nSPS) is 10.5. The number of hydrogen-bond acceptors (Lipinski definition) is 5. The van der Waals surface area contributed by atoms with Crippen molar-refractivity contribution in [3.8, 4) is 0 Å². The van der Waals surface area contributed by atoms with E-state index in [4.69, 9.17) is 16.3 Å². The Morgan fingerprint density at radius 3 is 2.50 bits per heavy atom. The smallest absolute Gasteiger partial charge is 0.337 e. The number of amides is 1. The van der Waals surface area contributed by atoms with E-state index in [0.29, 0.717) is 11.1 Å². The predicted octanol–water partition coefficient (Wildman–Crippen LogP) is 3.14. The molecule has 0 saturated heterocycles. The van der Waals surface area contributed by atoms with E-state index in [1.54, 1.807) is 24.3 Å². The average molecular weight is 406 g/mol. The minimum Gasteiger partial charge on any atom is -0.465 e. The maximum atomic E-state index is 13.1. The molecule has 0 radical (unpaired) electrons. The van der Waals surface area contributed by atoms with E-state index in [1.807, 2.05) is 0 Å². The lowest BCUT2D eigenvalue weighted by atomic mass is 10.1. The Morgan fingerprint density at radius 1 is 1.14 bits per heavy atom. The molecule has 6 nitrogen and oxygen atoms in total. The molecule has 0 aliphatic rings. The number of carbonyl (C=O) groups excluding carboxylic acids is 3. The molecule has 0 aliphatic heterocycles. The number of hydrogen-bond donors (Lipinski definition) is 1. The first-order valence-corrected chi connectivity index (χ1v) is 8.50. The summed E-state index contributed by atoms with van der Waals surface area (Å²) in [5.74, 6) is -2.21. The number of halogens is 2. The van der Waals surface area contributed by atoms with Crippen LogP contribution < -0.4 is 5.32 Å². The largest absolute Gasteiger partial charge is 0.465 e. The van der Waals surface area contributed by atoms with Crippen LogP contribution in [0.15, 0.2) is 48.5 Å². The van der Waals surface area contributed by atoms with Crippen molar-refractivity contribution in [2.24, 2.45) is 0 Å². The quantitative estimate of drug-likeness (QED) is 0.565. The van der Waals surface area contributed by atoms with Crippen LogP contribution in [-0.2, 0) is 25.6 Å². The highest BCUT2D eigenvalue weighted by atomic mass is 35.5. The van der Waals surface area contributed by atoms with Gasteiger partial charge in [0.1, 0.15) is 5.82 Å². The fourth-order valence-electron chi connectivity index (χ4n) is 2.09. The number of esters is 2. The minimum atomic E-state index is -0.724. The molecule has 8 heteroatoms. The third-order valence-electron chi connectivity index (χ3n) is 3.57. The van der Waals surface area contributed by atoms with E-state index in [2.05, 4.69) is 10.1 Å². The number of methoxy groups -OCH3 is 1. The highest BCUT2D eigenvalue weighted by molar-refractivity contribution is 6.30. The molecule has 1 N–H and O–H groups in total. The number of rotatable bonds is 7. The van der Waals surface area contributed by atoms with Gasteiger partial charge in [0.15, 0.2) is 6.61 Å². The molecule has 0 aliphatic carbocycles. The zero-order valence-corrected chi connectivity index (χ0v) is 15.7. The van der Waals surface area contributed by atoms with Gasteiger partial charge in [-0.15, -0.1) is 0 Å². The minimum absolute atomic E-state index is 0.0606. The van der Waals surface area contributed by atoms with Crippen molar-refractivity contribution in [1.29, 1.82) is 0 Å². The van der Waals surface area contributed by atoms with Crippen LogP contribution in [0.3, 0.4) is 0 Å². The maximum Gasteiger partial charge on any atom is 0.337 e. The summed E-state index contributed by atoms with van der Waals surface area (Å²) in [5, 5.41) is 2.53. The molecule has 0 fully saturated rings. The van der Waals surface area contributed by atoms with Crippen LogP contribution >= 0.6 is 11.6 Å². The second kappa shape index (κ2) is 10.2. The summed E-state index contributed by atoms with van der Waals surface area (Å²) in [7, 11) is 1.29. The average Bonchev–Trinajstić information content (AvgIpc) is 2.71. The molecular weight excluding hydrogens is 389 g/mol. The number of carbonyl (C=O) groups is 3. The predicted molar refractivity (Wildman–Crippen MR) is 101 cm³/mol. The van der Waals surface area contributed by atoms with E-state index in [9.17, 15) is 18.8 Å². The van der Waals surface area contributed by atoms with Crippen molar-refractivity contribution >= 4 is 35.5 Å². The third kappa shape index (κ3) is 6.51. The first kappa shape index (κ1) is 21.1. The zero-order valence-electron chi connectivity index (χ0n) is 14.9. The molecule has 2 rings (SSSR count). The Bertz CT molecular complexity index is 896. The van der Waals surface area contributed by atoms with E-state index in [-0.39, 0.29) is 11.6 Å². The topological polar surface area (TPSA) is 81.7 Å². The highest BCUT2D eigenvalue weighted by Gasteiger charge is 2.07. The van der Waals surface area contributed by atoms with E-state index < -0.39 is 30.3 Å². The van der Waals surface area contributed by atoms with Gasteiger partial charge >= 0.3 is 11.9 Å². The summed E-state index contributed by atoms with van der Waals surface area (Å²) < 4.78 is 22.5. The molecule has 0 aromatic heterocycles. The van der Waals surface area contributed by atoms with Crippen molar-refractivity contribution in [3.05, 3.63) is 76.1 Å². The fraction of sp³-hybridized carbons (Fsp3) is 0.150. The van der Waals surface area contributed by atoms with Gasteiger partial charge in [0.2, 0.25) is 0 Å². The van der Waals surface area contributed by atoms with Crippen molar-refractivity contribution in [2.75, 3.05) is 13.7 Å². The number of ether oxygens (including phenoxy) is 2. The molecule has 0 bridgehead atoms. The molecule has 0 saturated carbocycles. The first-order chi connectivity index (χ1) is 13.4. The van der Waals surface area contributed by atoms with Gasteiger partial charge in [-0.05, 0) is 41.5 Å². The van der Waals surface area contributed by atoms with Gasteiger partial charge in [0.25, 0.3) is 5.91 Å². The molecule has 2 aromatic carbocycles. The Hall–Kier alpha value is -3.19. The molecule has 0 heterocycles. The van der Waals surface area contributed by atoms with E-state index in [1.165, 1.54) is 31.4 Å². The molecule has 0 unspecified atom stereocenters. The van der Waals surface area contributed by atoms with Crippen molar-refractivity contribution < 1.29 is 28.2 Å². The van der Waals surface area contributed by atoms with Gasteiger partial charge in [-0.3, -0.25) is 4.79 Å². The summed E-state index contributed by atoms with van der Waals surface area (Å²) in [6.45, 7) is -0.241. The van der Waals surface area contributed by atoms with Gasteiger partial charge in [0, 0.05) is 12.6 Å². The monoisotopic (exact) mass is 405 g/mol. The summed E-state index contributed by atoms with van der Waals surface area (Å²) in [6.07, 6.45) is 2.51. The standard InChI is InChI=1S/C20H17ClFNO5/c1-27-20(26)15-6-2-14(3-7-15)11-23-18(24)12-28-19(25)9-5-13-4-8-17(22)16(21)10-13/h2-10H,11-12H2,1H3,(H,23,24)/b9-5+. The van der Waals surface area contributed by atoms with Gasteiger partial charge in [-0.2, -0.15) is 0 Å². The van der Waals surface area contributed by atoms with E-state index >= 15 is 0 Å². The SMILES string of the molecule is COC(=O)c1ccc(CNC(=O)COC(=O)/C=C/c2ccc(F)c(Cl)c2)cc1. The summed E-state index contributed by atoms with van der Waals surface area (Å²) in [6, 6.07) is 10.5. The summed E-state index contributed by atoms with van der Waals surface area (Å²) in [5.41, 5.74) is 1.68. The molecule has 2 aromatic rings. The second-order valence-corrected chi connectivity index (χ2v) is 5.99. The lowest BCUT2D eigenvalue weighted by Crippen LogP contribution is -2.28. The summed E-state index contributed by atoms with van der Waals surface area (Å²) >= 11 is 5.65. The lowest BCUT2D eigenvalue weighted by molar-refractivity contribution is -0.143. The number of benzene rings is 2. The summed E-state index contributed by atoms with van der Waals surface area (Å²) in [4.78, 5) is 34.7. The first-order valence-electron chi connectivity index (χ1n) is 8.13. The van der Waals surface area contributed by atoms with Crippen LogP contribution in [0, 0.1) is 5.82 Å². The molecule has 0 spiro atoms. The fourth-order valence-corrected chi connectivity index (χ4v) is 2.28. The zero-order chi connectivity index (χ0) is 20.5. The van der Waals surface area contributed by atoms with Crippen LogP contribution in [-0.4, -0.2) is 31.6 Å². The lowest BCUT2D eigenvalue weighted by Gasteiger charge is -2.06. The van der Waals surface area contributed by atoms with Crippen LogP contribution in [0.1, 0.15) is 21.5 Å². The molecular formula is C20H17ClFNO5. The van der Waals surface area contributed by atoms with Gasteiger partial charge in [-0.25, -0.2) is 14.0 Å². The molecule has 0 atom stereocenters. The van der Waals surface area contributed by atoms with Crippen molar-refractivity contribution in [3.63, 3.8) is 0 Å². The highest BCUT2D eigenvalue weighted by Crippen LogP contribution is 2.16. The van der Waals surface area contributed by atoms with Crippen LogP contribution in [0.4, 0.5) is 4.39 Å². The van der Waals surface area contributed by atoms with Gasteiger partial charge in [0.05, 0.1) is 17.7 Å². The Morgan fingerprint density at radius 2 is 1.86 bits per heavy atom. The van der Waals surface area contributed by atoms with Crippen LogP contribution in [0.5, 0.6) is 0 Å². The molecule has 146 valence electrons. The van der Waals surface area contributed by atoms with Crippen molar-refractivity contribution in [1.82, 2.24) is 5.32 Å². The van der Waals surface area contributed by atoms with Gasteiger partial charge < -0.3 is 14.8 Å². The molecule has 28 heavy (non-hydrogen) atoms. The third-order valence-corrected chi connectivity index (χ3v) is 3.86. The Labute approximate surface area is 165 Å². The van der Waals surface area contributed by atoms with Crippen LogP contribution in [0.2, 0.25) is 5.02 Å². The Kier molecular flexibility index (Phi) is 7.71. The number of nitrogens with one attached hydrogen (secondary N) is 1. The maximum absolute atomic E-state index is 13.1. The van der Waals surface area contributed by atoms with E-state index in [0.717, 1.165) is 11.6 Å². The Balaban J connectivity index is 1.75.